The van der Waals surface area contributed by atoms with Gasteiger partial charge in [0.15, 0.2) is 11.6 Å². The van der Waals surface area contributed by atoms with Crippen LogP contribution in [0.1, 0.15) is 21.7 Å². The SMILES string of the molecule is Cc1cccc(CN(C)c2ccc(C(=O)O)c(F)c2F)n1. The molecule has 0 aliphatic heterocycles. The van der Waals surface area contributed by atoms with E-state index in [1.54, 1.807) is 13.1 Å². The summed E-state index contributed by atoms with van der Waals surface area (Å²) >= 11 is 0. The van der Waals surface area contributed by atoms with E-state index in [1.165, 1.54) is 11.0 Å². The molecule has 4 nitrogen and oxygen atoms in total. The molecule has 0 unspecified atom stereocenters. The van der Waals surface area contributed by atoms with Gasteiger partial charge in [-0.2, -0.15) is 0 Å². The van der Waals surface area contributed by atoms with Crippen molar-refractivity contribution in [3.63, 3.8) is 0 Å². The van der Waals surface area contributed by atoms with E-state index >= 15 is 0 Å². The number of pyridine rings is 1. The zero-order valence-corrected chi connectivity index (χ0v) is 11.6. The Morgan fingerprint density at radius 2 is 1.95 bits per heavy atom. The van der Waals surface area contributed by atoms with Crippen molar-refractivity contribution in [2.45, 2.75) is 13.5 Å². The Morgan fingerprint density at radius 3 is 2.57 bits per heavy atom. The number of benzene rings is 1. The Labute approximate surface area is 120 Å². The highest BCUT2D eigenvalue weighted by Crippen LogP contribution is 2.24. The van der Waals surface area contributed by atoms with Crippen molar-refractivity contribution in [1.82, 2.24) is 4.98 Å². The highest BCUT2D eigenvalue weighted by Gasteiger charge is 2.20. The number of carboxylic acids is 1. The number of nitrogens with zero attached hydrogens (tertiary/aromatic N) is 2. The maximum absolute atomic E-state index is 14.0. The van der Waals surface area contributed by atoms with E-state index in [4.69, 9.17) is 5.11 Å². The third kappa shape index (κ3) is 3.16. The quantitative estimate of drug-likeness (QED) is 0.941. The van der Waals surface area contributed by atoms with Crippen LogP contribution in [0.5, 0.6) is 0 Å². The molecule has 0 amide bonds. The molecule has 6 heteroatoms. The number of carboxylic acid groups (broad SMARTS) is 1. The third-order valence-electron chi connectivity index (χ3n) is 3.05. The predicted octanol–water partition coefficient (Wildman–Crippen LogP) is 3.00. The molecule has 0 saturated carbocycles. The maximum atomic E-state index is 14.0. The van der Waals surface area contributed by atoms with E-state index in [9.17, 15) is 13.6 Å². The van der Waals surface area contributed by atoms with E-state index in [0.717, 1.165) is 11.8 Å². The van der Waals surface area contributed by atoms with Crippen LogP contribution in [0.25, 0.3) is 0 Å². The molecule has 1 heterocycles. The molecule has 0 saturated heterocycles. The van der Waals surface area contributed by atoms with Crippen molar-refractivity contribution in [3.8, 4) is 0 Å². The van der Waals surface area contributed by atoms with E-state index < -0.39 is 23.2 Å². The van der Waals surface area contributed by atoms with Gasteiger partial charge in [0.25, 0.3) is 0 Å². The number of hydrogen-bond donors (Lipinski definition) is 1. The summed E-state index contributed by atoms with van der Waals surface area (Å²) in [5.41, 5.74) is 0.840. The van der Waals surface area contributed by atoms with E-state index in [-0.39, 0.29) is 12.2 Å². The van der Waals surface area contributed by atoms with Crippen molar-refractivity contribution >= 4 is 11.7 Å². The number of rotatable bonds is 4. The van der Waals surface area contributed by atoms with Crippen molar-refractivity contribution in [1.29, 1.82) is 0 Å². The molecule has 2 rings (SSSR count). The molecule has 0 aliphatic rings. The summed E-state index contributed by atoms with van der Waals surface area (Å²) in [5, 5.41) is 8.76. The number of halogens is 2. The van der Waals surface area contributed by atoms with Gasteiger partial charge in [0.1, 0.15) is 0 Å². The Balaban J connectivity index is 2.29. The minimum absolute atomic E-state index is 0.0131. The highest BCUT2D eigenvalue weighted by molar-refractivity contribution is 5.88. The second-order valence-electron chi connectivity index (χ2n) is 4.69. The summed E-state index contributed by atoms with van der Waals surface area (Å²) in [4.78, 5) is 16.5. The van der Waals surface area contributed by atoms with E-state index in [0.29, 0.717) is 5.69 Å². The molecule has 1 aromatic carbocycles. The first-order valence-corrected chi connectivity index (χ1v) is 6.25. The van der Waals surface area contributed by atoms with Crippen LogP contribution in [0.2, 0.25) is 0 Å². The number of carbonyl (C=O) groups is 1. The van der Waals surface area contributed by atoms with Crippen molar-refractivity contribution in [3.05, 3.63) is 58.9 Å². The molecule has 0 fully saturated rings. The fourth-order valence-electron chi connectivity index (χ4n) is 2.01. The molecule has 2 aromatic rings. The van der Waals surface area contributed by atoms with Gasteiger partial charge in [0.05, 0.1) is 23.5 Å². The fourth-order valence-corrected chi connectivity index (χ4v) is 2.01. The first kappa shape index (κ1) is 14.9. The summed E-state index contributed by atoms with van der Waals surface area (Å²) in [7, 11) is 1.59. The zero-order chi connectivity index (χ0) is 15.6. The smallest absolute Gasteiger partial charge is 0.338 e. The minimum Gasteiger partial charge on any atom is -0.478 e. The Morgan fingerprint density at radius 1 is 1.24 bits per heavy atom. The van der Waals surface area contributed by atoms with Gasteiger partial charge in [-0.05, 0) is 31.2 Å². The standard InChI is InChI=1S/C15H14F2N2O2/c1-9-4-3-5-10(18-9)8-19(2)12-7-6-11(15(20)21)13(16)14(12)17/h3-7H,8H2,1-2H3,(H,20,21). The van der Waals surface area contributed by atoms with Crippen LogP contribution in [0.15, 0.2) is 30.3 Å². The Bertz CT molecular complexity index is 689. The van der Waals surface area contributed by atoms with Gasteiger partial charge in [-0.1, -0.05) is 6.07 Å². The van der Waals surface area contributed by atoms with Crippen LogP contribution < -0.4 is 4.90 Å². The normalized spacial score (nSPS) is 10.5. The monoisotopic (exact) mass is 292 g/mol. The summed E-state index contributed by atoms with van der Waals surface area (Å²) in [6.45, 7) is 2.12. The first-order valence-electron chi connectivity index (χ1n) is 6.25. The van der Waals surface area contributed by atoms with Crippen LogP contribution in [0.3, 0.4) is 0 Å². The second-order valence-corrected chi connectivity index (χ2v) is 4.69. The van der Waals surface area contributed by atoms with Gasteiger partial charge in [0.2, 0.25) is 0 Å². The average Bonchev–Trinajstić information content (AvgIpc) is 2.41. The highest BCUT2D eigenvalue weighted by atomic mass is 19.2. The van der Waals surface area contributed by atoms with Gasteiger partial charge < -0.3 is 10.0 Å². The van der Waals surface area contributed by atoms with Crippen LogP contribution in [0, 0.1) is 18.6 Å². The largest absolute Gasteiger partial charge is 0.478 e. The minimum atomic E-state index is -1.50. The molecule has 1 N–H and O–H groups in total. The number of aryl methyl sites for hydroxylation is 1. The van der Waals surface area contributed by atoms with Crippen LogP contribution in [0.4, 0.5) is 14.5 Å². The Hall–Kier alpha value is -2.50. The molecule has 21 heavy (non-hydrogen) atoms. The van der Waals surface area contributed by atoms with Gasteiger partial charge in [-0.3, -0.25) is 4.98 Å². The number of aromatic carboxylic acids is 1. The summed E-state index contributed by atoms with van der Waals surface area (Å²) < 4.78 is 27.6. The van der Waals surface area contributed by atoms with Gasteiger partial charge >= 0.3 is 5.97 Å². The van der Waals surface area contributed by atoms with Gasteiger partial charge in [0, 0.05) is 12.7 Å². The zero-order valence-electron chi connectivity index (χ0n) is 11.6. The predicted molar refractivity (Wildman–Crippen MR) is 74.4 cm³/mol. The fraction of sp³-hybridized carbons (Fsp3) is 0.200. The first-order chi connectivity index (χ1) is 9.90. The molecule has 0 spiro atoms. The topological polar surface area (TPSA) is 53.4 Å². The van der Waals surface area contributed by atoms with Gasteiger partial charge in [-0.25, -0.2) is 13.6 Å². The van der Waals surface area contributed by atoms with Crippen molar-refractivity contribution in [2.24, 2.45) is 0 Å². The summed E-state index contributed by atoms with van der Waals surface area (Å²) in [5.74, 6) is -4.03. The van der Waals surface area contributed by atoms with Crippen LogP contribution in [-0.4, -0.2) is 23.1 Å². The molecule has 0 aliphatic carbocycles. The van der Waals surface area contributed by atoms with Crippen LogP contribution >= 0.6 is 0 Å². The second kappa shape index (κ2) is 5.87. The van der Waals surface area contributed by atoms with Gasteiger partial charge in [-0.15, -0.1) is 0 Å². The number of aromatic nitrogens is 1. The molecule has 0 radical (unpaired) electrons. The van der Waals surface area contributed by atoms with Crippen LogP contribution in [-0.2, 0) is 6.54 Å². The molecular formula is C15H14F2N2O2. The lowest BCUT2D eigenvalue weighted by Crippen LogP contribution is -2.20. The lowest BCUT2D eigenvalue weighted by Gasteiger charge is -2.20. The molecule has 110 valence electrons. The molecule has 1 aromatic heterocycles. The van der Waals surface area contributed by atoms with Crippen molar-refractivity contribution in [2.75, 3.05) is 11.9 Å². The van der Waals surface area contributed by atoms with E-state index in [1.807, 2.05) is 19.1 Å². The van der Waals surface area contributed by atoms with Crippen molar-refractivity contribution < 1.29 is 18.7 Å². The van der Waals surface area contributed by atoms with E-state index in [2.05, 4.69) is 4.98 Å². The molecular weight excluding hydrogens is 278 g/mol. The lowest BCUT2D eigenvalue weighted by atomic mass is 10.1. The molecule has 0 atom stereocenters. The lowest BCUT2D eigenvalue weighted by molar-refractivity contribution is 0.0690. The maximum Gasteiger partial charge on any atom is 0.338 e. The number of hydrogen-bond acceptors (Lipinski definition) is 3. The Kier molecular flexibility index (Phi) is 4.16. The summed E-state index contributed by atoms with van der Waals surface area (Å²) in [6.07, 6.45) is 0. The third-order valence-corrected chi connectivity index (χ3v) is 3.05. The average molecular weight is 292 g/mol. The number of anilines is 1. The summed E-state index contributed by atoms with van der Waals surface area (Å²) in [6, 6.07) is 7.75. The molecule has 0 bridgehead atoms.